The number of hydrogen-bond donors (Lipinski definition) is 1. The van der Waals surface area contributed by atoms with Crippen molar-refractivity contribution in [3.8, 4) is 0 Å². The van der Waals surface area contributed by atoms with E-state index < -0.39 is 0 Å². The molecule has 1 aromatic rings. The average molecular weight is 249 g/mol. The van der Waals surface area contributed by atoms with Gasteiger partial charge in [0.05, 0.1) is 6.10 Å². The first-order chi connectivity index (χ1) is 8.69. The zero-order valence-electron chi connectivity index (χ0n) is 12.0. The molecular formula is C16H27NO. The quantitative estimate of drug-likeness (QED) is 0.762. The minimum atomic E-state index is -0.359. The molecule has 18 heavy (non-hydrogen) atoms. The predicted molar refractivity (Wildman–Crippen MR) is 77.6 cm³/mol. The molecule has 1 N–H and O–H groups in total. The summed E-state index contributed by atoms with van der Waals surface area (Å²) in [4.78, 5) is 2.43. The first-order valence-electron chi connectivity index (χ1n) is 7.14. The van der Waals surface area contributed by atoms with Crippen LogP contribution >= 0.6 is 0 Å². The third-order valence-corrected chi connectivity index (χ3v) is 3.50. The van der Waals surface area contributed by atoms with E-state index in [1.165, 1.54) is 12.8 Å². The van der Waals surface area contributed by atoms with Gasteiger partial charge in [-0.25, -0.2) is 0 Å². The van der Waals surface area contributed by atoms with Crippen LogP contribution in [0.3, 0.4) is 0 Å². The Balaban J connectivity index is 2.50. The lowest BCUT2D eigenvalue weighted by molar-refractivity contribution is 0.0891. The van der Waals surface area contributed by atoms with Gasteiger partial charge in [-0.1, -0.05) is 57.5 Å². The van der Waals surface area contributed by atoms with Gasteiger partial charge in [0.25, 0.3) is 0 Å². The van der Waals surface area contributed by atoms with Crippen LogP contribution in [0.1, 0.15) is 45.3 Å². The van der Waals surface area contributed by atoms with Crippen LogP contribution in [-0.4, -0.2) is 29.6 Å². The number of nitrogens with zero attached hydrogens (tertiary/aromatic N) is 1. The molecule has 0 heterocycles. The van der Waals surface area contributed by atoms with E-state index in [1.54, 1.807) is 0 Å². The van der Waals surface area contributed by atoms with Crippen molar-refractivity contribution in [2.24, 2.45) is 5.92 Å². The van der Waals surface area contributed by atoms with Crippen LogP contribution in [0, 0.1) is 5.92 Å². The highest BCUT2D eigenvalue weighted by Crippen LogP contribution is 2.22. The van der Waals surface area contributed by atoms with Crippen LogP contribution < -0.4 is 0 Å². The third-order valence-electron chi connectivity index (χ3n) is 3.50. The number of unbranched alkanes of at least 4 members (excludes halogenated alkanes) is 1. The van der Waals surface area contributed by atoms with Gasteiger partial charge < -0.3 is 10.0 Å². The lowest BCUT2D eigenvalue weighted by Crippen LogP contribution is -2.31. The number of aliphatic hydroxyl groups is 1. The molecular weight excluding hydrogens is 222 g/mol. The highest BCUT2D eigenvalue weighted by molar-refractivity contribution is 5.17. The summed E-state index contributed by atoms with van der Waals surface area (Å²) in [6.07, 6.45) is 2.11. The second kappa shape index (κ2) is 8.28. The Hall–Kier alpha value is -0.860. The van der Waals surface area contributed by atoms with E-state index >= 15 is 0 Å². The van der Waals surface area contributed by atoms with Gasteiger partial charge >= 0.3 is 0 Å². The Kier molecular flexibility index (Phi) is 6.99. The summed E-state index contributed by atoms with van der Waals surface area (Å²) in [7, 11) is 0. The summed E-state index contributed by atoms with van der Waals surface area (Å²) in [6.45, 7) is 9.71. The number of hydrogen-bond acceptors (Lipinski definition) is 2. The minimum absolute atomic E-state index is 0.268. The smallest absolute Gasteiger partial charge is 0.0827 e. The van der Waals surface area contributed by atoms with Crippen LogP contribution in [0.5, 0.6) is 0 Å². The molecule has 2 unspecified atom stereocenters. The van der Waals surface area contributed by atoms with Crippen LogP contribution in [-0.2, 0) is 0 Å². The van der Waals surface area contributed by atoms with E-state index in [1.807, 2.05) is 30.3 Å². The Morgan fingerprint density at radius 3 is 2.39 bits per heavy atom. The molecule has 0 saturated carbocycles. The Bertz CT molecular complexity index is 312. The van der Waals surface area contributed by atoms with Gasteiger partial charge in [-0.15, -0.1) is 0 Å². The maximum Gasteiger partial charge on any atom is 0.0827 e. The Morgan fingerprint density at radius 2 is 1.83 bits per heavy atom. The highest BCUT2D eigenvalue weighted by atomic mass is 16.3. The maximum atomic E-state index is 10.3. The standard InChI is InChI=1S/C16H27NO/c1-4-6-12-17(5-2)13-14(3)16(18)15-10-8-7-9-11-15/h7-11,14,16,18H,4-6,12-13H2,1-3H3. The molecule has 0 aliphatic carbocycles. The highest BCUT2D eigenvalue weighted by Gasteiger charge is 2.18. The van der Waals surface area contributed by atoms with Gasteiger partial charge in [0.2, 0.25) is 0 Å². The largest absolute Gasteiger partial charge is 0.388 e. The molecule has 2 nitrogen and oxygen atoms in total. The summed E-state index contributed by atoms with van der Waals surface area (Å²) >= 11 is 0. The van der Waals surface area contributed by atoms with Gasteiger partial charge in [0.15, 0.2) is 0 Å². The van der Waals surface area contributed by atoms with Crippen molar-refractivity contribution in [2.45, 2.75) is 39.7 Å². The molecule has 102 valence electrons. The van der Waals surface area contributed by atoms with Crippen molar-refractivity contribution in [3.05, 3.63) is 35.9 Å². The summed E-state index contributed by atoms with van der Waals surface area (Å²) in [6, 6.07) is 9.97. The lowest BCUT2D eigenvalue weighted by Gasteiger charge is -2.27. The fourth-order valence-corrected chi connectivity index (χ4v) is 2.25. The topological polar surface area (TPSA) is 23.5 Å². The fourth-order valence-electron chi connectivity index (χ4n) is 2.25. The molecule has 0 aromatic heterocycles. The van der Waals surface area contributed by atoms with Gasteiger partial charge in [-0.3, -0.25) is 0 Å². The molecule has 2 heteroatoms. The molecule has 0 radical (unpaired) electrons. The van der Waals surface area contributed by atoms with E-state index in [9.17, 15) is 5.11 Å². The summed E-state index contributed by atoms with van der Waals surface area (Å²) in [5.74, 6) is 0.268. The van der Waals surface area contributed by atoms with Crippen LogP contribution in [0.15, 0.2) is 30.3 Å². The molecule has 0 saturated heterocycles. The second-order valence-corrected chi connectivity index (χ2v) is 5.08. The molecule has 2 atom stereocenters. The second-order valence-electron chi connectivity index (χ2n) is 5.08. The van der Waals surface area contributed by atoms with Crippen LogP contribution in [0.2, 0.25) is 0 Å². The Labute approximate surface area is 112 Å². The summed E-state index contributed by atoms with van der Waals surface area (Å²) < 4.78 is 0. The normalized spacial score (nSPS) is 14.7. The van der Waals surface area contributed by atoms with Gasteiger partial charge in [0.1, 0.15) is 0 Å². The monoisotopic (exact) mass is 249 g/mol. The van der Waals surface area contributed by atoms with Crippen molar-refractivity contribution in [3.63, 3.8) is 0 Å². The van der Waals surface area contributed by atoms with Crippen molar-refractivity contribution >= 4 is 0 Å². The molecule has 0 aliphatic heterocycles. The van der Waals surface area contributed by atoms with Crippen molar-refractivity contribution in [1.29, 1.82) is 0 Å². The number of benzene rings is 1. The molecule has 0 aliphatic rings. The van der Waals surface area contributed by atoms with E-state index in [0.717, 1.165) is 25.2 Å². The summed E-state index contributed by atoms with van der Waals surface area (Å²) in [5.41, 5.74) is 1.02. The lowest BCUT2D eigenvalue weighted by atomic mass is 9.97. The SMILES string of the molecule is CCCCN(CC)CC(C)C(O)c1ccccc1. The van der Waals surface area contributed by atoms with E-state index in [4.69, 9.17) is 0 Å². The molecule has 0 spiro atoms. The van der Waals surface area contributed by atoms with E-state index in [0.29, 0.717) is 0 Å². The van der Waals surface area contributed by atoms with Crippen molar-refractivity contribution in [1.82, 2.24) is 4.90 Å². The molecule has 0 bridgehead atoms. The zero-order chi connectivity index (χ0) is 13.4. The number of rotatable bonds is 8. The Morgan fingerprint density at radius 1 is 1.17 bits per heavy atom. The first-order valence-corrected chi connectivity index (χ1v) is 7.14. The summed E-state index contributed by atoms with van der Waals surface area (Å²) in [5, 5.41) is 10.3. The average Bonchev–Trinajstić information content (AvgIpc) is 2.43. The van der Waals surface area contributed by atoms with Gasteiger partial charge in [0, 0.05) is 6.54 Å². The fraction of sp³-hybridized carbons (Fsp3) is 0.625. The van der Waals surface area contributed by atoms with Crippen molar-refractivity contribution < 1.29 is 5.11 Å². The number of aliphatic hydroxyl groups excluding tert-OH is 1. The van der Waals surface area contributed by atoms with E-state index in [-0.39, 0.29) is 12.0 Å². The van der Waals surface area contributed by atoms with Crippen LogP contribution in [0.4, 0.5) is 0 Å². The van der Waals surface area contributed by atoms with E-state index in [2.05, 4.69) is 25.7 Å². The molecule has 1 rings (SSSR count). The maximum absolute atomic E-state index is 10.3. The first kappa shape index (κ1) is 15.2. The zero-order valence-corrected chi connectivity index (χ0v) is 12.0. The van der Waals surface area contributed by atoms with Gasteiger partial charge in [-0.2, -0.15) is 0 Å². The van der Waals surface area contributed by atoms with Gasteiger partial charge in [-0.05, 0) is 31.0 Å². The molecule has 1 aromatic carbocycles. The third kappa shape index (κ3) is 4.79. The molecule has 0 amide bonds. The predicted octanol–water partition coefficient (Wildman–Crippen LogP) is 3.48. The van der Waals surface area contributed by atoms with Crippen LogP contribution in [0.25, 0.3) is 0 Å². The molecule has 0 fully saturated rings. The van der Waals surface area contributed by atoms with Crippen molar-refractivity contribution in [2.75, 3.05) is 19.6 Å². The minimum Gasteiger partial charge on any atom is -0.388 e.